The molecule has 1 amide bonds. The van der Waals surface area contributed by atoms with Crippen LogP contribution in [0.15, 0.2) is 67.0 Å². The Morgan fingerprint density at radius 2 is 1.78 bits per heavy atom. The van der Waals surface area contributed by atoms with E-state index in [2.05, 4.69) is 53.0 Å². The van der Waals surface area contributed by atoms with Gasteiger partial charge in [-0.2, -0.15) is 0 Å². The number of aryl methyl sites for hydroxylation is 3. The number of imidazole rings is 1. The molecule has 2 aromatic heterocycles. The number of fused-ring (bicyclic) bond motifs is 1. The van der Waals surface area contributed by atoms with Gasteiger partial charge in [0, 0.05) is 24.5 Å². The Balaban J connectivity index is 1.48. The Kier molecular flexibility index (Phi) is 6.50. The molecular weight excluding hydrogens is 400 g/mol. The Morgan fingerprint density at radius 3 is 2.53 bits per heavy atom. The number of ether oxygens (including phenoxy) is 1. The highest BCUT2D eigenvalue weighted by atomic mass is 16.5. The second kappa shape index (κ2) is 9.64. The molecule has 6 nitrogen and oxygen atoms in total. The number of amides is 1. The van der Waals surface area contributed by atoms with Crippen LogP contribution in [0, 0.1) is 13.8 Å². The average molecular weight is 429 g/mol. The summed E-state index contributed by atoms with van der Waals surface area (Å²) in [6, 6.07) is 17.5. The van der Waals surface area contributed by atoms with Crippen molar-refractivity contribution in [3.05, 3.63) is 89.5 Å². The van der Waals surface area contributed by atoms with E-state index in [1.54, 1.807) is 24.5 Å². The first-order valence-corrected chi connectivity index (χ1v) is 10.9. The van der Waals surface area contributed by atoms with Gasteiger partial charge in [-0.25, -0.2) is 4.98 Å². The molecule has 0 spiro atoms. The van der Waals surface area contributed by atoms with E-state index in [0.717, 1.165) is 35.6 Å². The summed E-state index contributed by atoms with van der Waals surface area (Å²) in [5, 5.41) is 3.06. The highest BCUT2D eigenvalue weighted by molar-refractivity contribution is 5.94. The smallest absolute Gasteiger partial charge is 0.251 e. The molecule has 2 heterocycles. The molecule has 1 atom stereocenters. The van der Waals surface area contributed by atoms with Crippen molar-refractivity contribution in [1.29, 1.82) is 0 Å². The first-order valence-electron chi connectivity index (χ1n) is 10.9. The van der Waals surface area contributed by atoms with Gasteiger partial charge in [-0.15, -0.1) is 0 Å². The van der Waals surface area contributed by atoms with Crippen LogP contribution in [-0.2, 0) is 6.54 Å². The average Bonchev–Trinajstić information content (AvgIpc) is 3.15. The van der Waals surface area contributed by atoms with E-state index in [1.807, 2.05) is 25.1 Å². The molecule has 164 valence electrons. The van der Waals surface area contributed by atoms with Crippen LogP contribution >= 0.6 is 0 Å². The zero-order valence-electron chi connectivity index (χ0n) is 18.7. The zero-order chi connectivity index (χ0) is 22.5. The maximum absolute atomic E-state index is 12.6. The molecule has 1 unspecified atom stereocenters. The van der Waals surface area contributed by atoms with E-state index < -0.39 is 0 Å². The van der Waals surface area contributed by atoms with Crippen molar-refractivity contribution in [1.82, 2.24) is 19.9 Å². The van der Waals surface area contributed by atoms with Gasteiger partial charge >= 0.3 is 0 Å². The monoisotopic (exact) mass is 428 g/mol. The number of pyridine rings is 1. The van der Waals surface area contributed by atoms with Crippen molar-refractivity contribution >= 4 is 16.9 Å². The Labute approximate surface area is 188 Å². The minimum absolute atomic E-state index is 0.142. The van der Waals surface area contributed by atoms with Gasteiger partial charge in [-0.05, 0) is 74.7 Å². The predicted octanol–water partition coefficient (Wildman–Crippen LogP) is 5.01. The number of para-hydroxylation sites is 2. The van der Waals surface area contributed by atoms with Crippen molar-refractivity contribution in [3.8, 4) is 5.75 Å². The molecule has 6 heteroatoms. The van der Waals surface area contributed by atoms with Crippen LogP contribution in [0.25, 0.3) is 11.0 Å². The van der Waals surface area contributed by atoms with Gasteiger partial charge in [0.2, 0.25) is 0 Å². The summed E-state index contributed by atoms with van der Waals surface area (Å²) in [4.78, 5) is 21.4. The van der Waals surface area contributed by atoms with E-state index in [9.17, 15) is 4.79 Å². The number of benzene rings is 2. The summed E-state index contributed by atoms with van der Waals surface area (Å²) in [6.45, 7) is 7.46. The molecular formula is C26H28N4O2. The molecule has 1 N–H and O–H groups in total. The van der Waals surface area contributed by atoms with Gasteiger partial charge in [0.25, 0.3) is 5.91 Å². The molecule has 0 radical (unpaired) electrons. The van der Waals surface area contributed by atoms with Gasteiger partial charge in [0.15, 0.2) is 0 Å². The fraction of sp³-hybridized carbons (Fsp3) is 0.269. The Bertz CT molecular complexity index is 1200. The highest BCUT2D eigenvalue weighted by Crippen LogP contribution is 2.22. The maximum atomic E-state index is 12.6. The lowest BCUT2D eigenvalue weighted by molar-refractivity contribution is 0.0937. The third-order valence-electron chi connectivity index (χ3n) is 5.35. The van der Waals surface area contributed by atoms with Gasteiger partial charge in [-0.3, -0.25) is 9.78 Å². The Hall–Kier alpha value is -3.67. The summed E-state index contributed by atoms with van der Waals surface area (Å²) >= 11 is 0. The van der Waals surface area contributed by atoms with Crippen LogP contribution in [0.4, 0.5) is 0 Å². The van der Waals surface area contributed by atoms with E-state index in [-0.39, 0.29) is 11.9 Å². The topological polar surface area (TPSA) is 69.0 Å². The van der Waals surface area contributed by atoms with Crippen molar-refractivity contribution in [2.75, 3.05) is 6.61 Å². The molecule has 0 aliphatic carbocycles. The fourth-order valence-corrected chi connectivity index (χ4v) is 3.94. The number of carbonyl (C=O) groups excluding carboxylic acids is 1. The molecule has 4 aromatic rings. The van der Waals surface area contributed by atoms with Crippen LogP contribution in [-0.4, -0.2) is 27.0 Å². The van der Waals surface area contributed by atoms with Crippen LogP contribution < -0.4 is 10.1 Å². The van der Waals surface area contributed by atoms with Gasteiger partial charge < -0.3 is 14.6 Å². The normalized spacial score (nSPS) is 12.0. The van der Waals surface area contributed by atoms with Crippen LogP contribution in [0.1, 0.15) is 46.7 Å². The maximum Gasteiger partial charge on any atom is 0.251 e. The lowest BCUT2D eigenvalue weighted by Gasteiger charge is -2.17. The fourth-order valence-electron chi connectivity index (χ4n) is 3.94. The van der Waals surface area contributed by atoms with Crippen molar-refractivity contribution < 1.29 is 9.53 Å². The lowest BCUT2D eigenvalue weighted by atomic mass is 10.1. The molecule has 2 aromatic carbocycles. The largest absolute Gasteiger partial charge is 0.494 e. The number of carbonyl (C=O) groups is 1. The summed E-state index contributed by atoms with van der Waals surface area (Å²) in [5.41, 5.74) is 4.95. The lowest BCUT2D eigenvalue weighted by Crippen LogP contribution is -2.28. The molecule has 0 aliphatic rings. The molecule has 32 heavy (non-hydrogen) atoms. The summed E-state index contributed by atoms with van der Waals surface area (Å²) in [5.74, 6) is 1.59. The number of aromatic nitrogens is 3. The van der Waals surface area contributed by atoms with Gasteiger partial charge in [0.05, 0.1) is 23.7 Å². The van der Waals surface area contributed by atoms with E-state index in [0.29, 0.717) is 12.2 Å². The number of rotatable bonds is 8. The zero-order valence-corrected chi connectivity index (χ0v) is 18.7. The standard InChI is InChI=1S/C26H28N4O2/c1-18-15-19(2)17-22(16-18)32-14-6-13-30-24-8-5-4-7-23(24)29-25(30)20(3)28-26(31)21-9-11-27-12-10-21/h4-5,7-12,15-17,20H,6,13-14H2,1-3H3,(H,28,31). The second-order valence-electron chi connectivity index (χ2n) is 8.07. The Morgan fingerprint density at radius 1 is 1.06 bits per heavy atom. The third-order valence-corrected chi connectivity index (χ3v) is 5.35. The predicted molar refractivity (Wildman–Crippen MR) is 126 cm³/mol. The minimum Gasteiger partial charge on any atom is -0.494 e. The van der Waals surface area contributed by atoms with Gasteiger partial charge in [-0.1, -0.05) is 18.2 Å². The second-order valence-corrected chi connectivity index (χ2v) is 8.07. The van der Waals surface area contributed by atoms with Crippen LogP contribution in [0.3, 0.4) is 0 Å². The third kappa shape index (κ3) is 4.97. The van der Waals surface area contributed by atoms with E-state index in [1.165, 1.54) is 11.1 Å². The molecule has 0 fully saturated rings. The van der Waals surface area contributed by atoms with Crippen LogP contribution in [0.2, 0.25) is 0 Å². The quantitative estimate of drug-likeness (QED) is 0.401. The van der Waals surface area contributed by atoms with E-state index >= 15 is 0 Å². The van der Waals surface area contributed by atoms with Crippen LogP contribution in [0.5, 0.6) is 5.75 Å². The molecule has 0 bridgehead atoms. The summed E-state index contributed by atoms with van der Waals surface area (Å²) < 4.78 is 8.17. The number of hydrogen-bond acceptors (Lipinski definition) is 4. The number of hydrogen-bond donors (Lipinski definition) is 1. The number of nitrogens with one attached hydrogen (secondary N) is 1. The van der Waals surface area contributed by atoms with Gasteiger partial charge in [0.1, 0.15) is 11.6 Å². The highest BCUT2D eigenvalue weighted by Gasteiger charge is 2.19. The molecule has 0 aliphatic heterocycles. The van der Waals surface area contributed by atoms with E-state index in [4.69, 9.17) is 9.72 Å². The summed E-state index contributed by atoms with van der Waals surface area (Å²) in [6.07, 6.45) is 4.06. The molecule has 4 rings (SSSR count). The molecule has 0 saturated heterocycles. The van der Waals surface area contributed by atoms with Crippen molar-refractivity contribution in [2.45, 2.75) is 39.8 Å². The van der Waals surface area contributed by atoms with Crippen molar-refractivity contribution in [2.24, 2.45) is 0 Å². The summed E-state index contributed by atoms with van der Waals surface area (Å²) in [7, 11) is 0. The minimum atomic E-state index is -0.247. The SMILES string of the molecule is Cc1cc(C)cc(OCCCn2c(C(C)NC(=O)c3ccncc3)nc3ccccc32)c1. The first-order chi connectivity index (χ1) is 15.5. The van der Waals surface area contributed by atoms with Crippen molar-refractivity contribution in [3.63, 3.8) is 0 Å². The molecule has 0 saturated carbocycles. The number of nitrogens with zero attached hydrogens (tertiary/aromatic N) is 3. The first kappa shape index (κ1) is 21.6.